The van der Waals surface area contributed by atoms with Crippen LogP contribution in [-0.2, 0) is 12.5 Å². The van der Waals surface area contributed by atoms with Gasteiger partial charge in [-0.25, -0.2) is 9.78 Å². The topological polar surface area (TPSA) is 79.2 Å². The van der Waals surface area contributed by atoms with Gasteiger partial charge in [0.1, 0.15) is 5.82 Å². The number of para-hydroxylation sites is 3. The number of nitrogens with zero attached hydrogens (tertiary/aromatic N) is 5. The average molecular weight is 603 g/mol. The fraction of sp³-hybridized carbons (Fsp3) is 0.432. The van der Waals surface area contributed by atoms with E-state index in [1.54, 1.807) is 11.6 Å². The number of likely N-dealkylation sites (tertiary alicyclic amines) is 1. The fourth-order valence-corrected chi connectivity index (χ4v) is 9.00. The van der Waals surface area contributed by atoms with Crippen LogP contribution in [0.15, 0.2) is 77.6 Å². The predicted molar refractivity (Wildman–Crippen MR) is 178 cm³/mol. The van der Waals surface area contributed by atoms with Crippen molar-refractivity contribution in [2.45, 2.75) is 75.4 Å². The molecule has 0 radical (unpaired) electrons. The Hall–Kier alpha value is -4.17. The highest BCUT2D eigenvalue weighted by Crippen LogP contribution is 2.45. The Morgan fingerprint density at radius 3 is 2.33 bits per heavy atom. The van der Waals surface area contributed by atoms with Gasteiger partial charge in [-0.1, -0.05) is 48.5 Å². The minimum Gasteiger partial charge on any atom is -0.339 e. The van der Waals surface area contributed by atoms with Crippen LogP contribution < -0.4 is 5.69 Å². The zero-order chi connectivity index (χ0) is 30.7. The largest absolute Gasteiger partial charge is 0.339 e. The molecule has 8 nitrogen and oxygen atoms in total. The summed E-state index contributed by atoms with van der Waals surface area (Å²) in [6, 6.07) is 26.9. The third-order valence-electron chi connectivity index (χ3n) is 11.4. The molecule has 0 saturated carbocycles. The van der Waals surface area contributed by atoms with E-state index >= 15 is 0 Å². The smallest absolute Gasteiger partial charge is 0.326 e. The van der Waals surface area contributed by atoms with E-state index < -0.39 is 0 Å². The van der Waals surface area contributed by atoms with E-state index in [2.05, 4.69) is 76.0 Å². The standard InChI is InChI=1S/C37H42N6O2/c1-25-38-31-12-6-7-13-32(31)43(25)29-23-27-15-16-28(24-29)42(27)22-19-37(26-9-4-3-5-10-26)17-20-41(21-18-37)35(44)30-11-8-14-33-34(30)39-36(45)40(33)2/h3-14,27-29H,15-24H2,1-2H3,(H,39,45)/t27-,28+,29?. The lowest BCUT2D eigenvalue weighted by molar-refractivity contribution is 0.0608. The number of rotatable bonds is 6. The molecule has 2 bridgehead atoms. The first-order valence-electron chi connectivity index (χ1n) is 16.6. The molecule has 1 unspecified atom stereocenters. The molecular formula is C37H42N6O2. The second-order valence-electron chi connectivity index (χ2n) is 13.6. The number of nitrogens with one attached hydrogen (secondary N) is 1. The van der Waals surface area contributed by atoms with E-state index in [0.717, 1.165) is 42.7 Å². The third-order valence-corrected chi connectivity index (χ3v) is 11.4. The van der Waals surface area contributed by atoms with Crippen LogP contribution in [0.25, 0.3) is 22.1 Å². The highest BCUT2D eigenvalue weighted by molar-refractivity contribution is 6.05. The number of piperidine rings is 2. The Bertz CT molecular complexity index is 1910. The summed E-state index contributed by atoms with van der Waals surface area (Å²) in [5.41, 5.74) is 5.59. The summed E-state index contributed by atoms with van der Waals surface area (Å²) >= 11 is 0. The van der Waals surface area contributed by atoms with Gasteiger partial charge in [-0.2, -0.15) is 0 Å². The van der Waals surface area contributed by atoms with Gasteiger partial charge in [-0.15, -0.1) is 0 Å². The van der Waals surface area contributed by atoms with Gasteiger partial charge in [-0.05, 0) is 93.7 Å². The summed E-state index contributed by atoms with van der Waals surface area (Å²) in [7, 11) is 1.74. The van der Waals surface area contributed by atoms with Crippen molar-refractivity contribution in [2.75, 3.05) is 19.6 Å². The quantitative estimate of drug-likeness (QED) is 0.260. The van der Waals surface area contributed by atoms with Crippen LogP contribution in [-0.4, -0.2) is 66.5 Å². The molecular weight excluding hydrogens is 560 g/mol. The maximum atomic E-state index is 13.8. The Morgan fingerprint density at radius 1 is 0.889 bits per heavy atom. The normalized spacial score (nSPS) is 23.2. The number of aromatic amines is 1. The SMILES string of the molecule is Cc1nc2ccccc2n1C1C[C@H]2CC[C@@H](C1)N2CCC1(c2ccccc2)CCN(C(=O)c2cccc3c2[nH]c(=O)n3C)CC1. The van der Waals surface area contributed by atoms with Gasteiger partial charge in [-0.3, -0.25) is 14.3 Å². The van der Waals surface area contributed by atoms with Crippen LogP contribution in [0.5, 0.6) is 0 Å². The number of benzene rings is 3. The van der Waals surface area contributed by atoms with Gasteiger partial charge in [0, 0.05) is 38.3 Å². The van der Waals surface area contributed by atoms with E-state index in [9.17, 15) is 9.59 Å². The summed E-state index contributed by atoms with van der Waals surface area (Å²) in [4.78, 5) is 38.7. The molecule has 1 amide bonds. The number of aryl methyl sites for hydroxylation is 2. The van der Waals surface area contributed by atoms with E-state index in [1.165, 1.54) is 36.8 Å². The Balaban J connectivity index is 0.995. The Kier molecular flexibility index (Phi) is 6.93. The molecule has 3 aromatic carbocycles. The zero-order valence-corrected chi connectivity index (χ0v) is 26.3. The molecule has 5 heterocycles. The molecule has 0 aliphatic carbocycles. The molecule has 2 aromatic heterocycles. The molecule has 3 saturated heterocycles. The molecule has 3 aliphatic rings. The molecule has 232 valence electrons. The van der Waals surface area contributed by atoms with Gasteiger partial charge in [0.2, 0.25) is 0 Å². The van der Waals surface area contributed by atoms with Crippen LogP contribution in [0.2, 0.25) is 0 Å². The molecule has 8 heteroatoms. The summed E-state index contributed by atoms with van der Waals surface area (Å²) in [5, 5.41) is 0. The maximum absolute atomic E-state index is 13.8. The lowest BCUT2D eigenvalue weighted by atomic mass is 9.70. The van der Waals surface area contributed by atoms with Crippen LogP contribution >= 0.6 is 0 Å². The first kappa shape index (κ1) is 28.3. The number of carbonyl (C=O) groups excluding carboxylic acids is 1. The van der Waals surface area contributed by atoms with Crippen LogP contribution in [0.1, 0.15) is 72.7 Å². The van der Waals surface area contributed by atoms with Crippen molar-refractivity contribution < 1.29 is 4.79 Å². The first-order valence-corrected chi connectivity index (χ1v) is 16.6. The highest BCUT2D eigenvalue weighted by atomic mass is 16.2. The van der Waals surface area contributed by atoms with Crippen molar-refractivity contribution in [3.8, 4) is 0 Å². The lowest BCUT2D eigenvalue weighted by Crippen LogP contribution is -2.49. The molecule has 5 aromatic rings. The summed E-state index contributed by atoms with van der Waals surface area (Å²) in [5.74, 6) is 1.14. The number of H-pyrrole nitrogens is 1. The molecule has 45 heavy (non-hydrogen) atoms. The highest BCUT2D eigenvalue weighted by Gasteiger charge is 2.44. The summed E-state index contributed by atoms with van der Waals surface area (Å²) < 4.78 is 4.08. The van der Waals surface area contributed by atoms with Gasteiger partial charge in [0.15, 0.2) is 0 Å². The Labute approximate surface area is 263 Å². The van der Waals surface area contributed by atoms with E-state index in [4.69, 9.17) is 4.98 Å². The van der Waals surface area contributed by atoms with Crippen LogP contribution in [0.3, 0.4) is 0 Å². The van der Waals surface area contributed by atoms with Crippen molar-refractivity contribution in [3.63, 3.8) is 0 Å². The molecule has 8 rings (SSSR count). The van der Waals surface area contributed by atoms with Crippen LogP contribution in [0.4, 0.5) is 0 Å². The molecule has 3 atom stereocenters. The number of fused-ring (bicyclic) bond motifs is 4. The number of carbonyl (C=O) groups is 1. The second-order valence-corrected chi connectivity index (χ2v) is 13.6. The van der Waals surface area contributed by atoms with Gasteiger partial charge in [0.25, 0.3) is 5.91 Å². The molecule has 1 N–H and O–H groups in total. The zero-order valence-electron chi connectivity index (χ0n) is 26.3. The van der Waals surface area contributed by atoms with Crippen molar-refractivity contribution in [3.05, 3.63) is 100 Å². The first-order chi connectivity index (χ1) is 21.9. The van der Waals surface area contributed by atoms with Gasteiger partial charge in [0.05, 0.1) is 27.6 Å². The third kappa shape index (κ3) is 4.73. The number of hydrogen-bond acceptors (Lipinski definition) is 4. The van der Waals surface area contributed by atoms with E-state index in [0.29, 0.717) is 42.3 Å². The van der Waals surface area contributed by atoms with Crippen molar-refractivity contribution >= 4 is 28.0 Å². The van der Waals surface area contributed by atoms with Gasteiger partial charge < -0.3 is 14.5 Å². The summed E-state index contributed by atoms with van der Waals surface area (Å²) in [6.45, 7) is 4.68. The monoisotopic (exact) mass is 602 g/mol. The Morgan fingerprint density at radius 2 is 1.58 bits per heavy atom. The lowest BCUT2D eigenvalue weighted by Gasteiger charge is -2.45. The minimum atomic E-state index is -0.196. The molecule has 0 spiro atoms. The average Bonchev–Trinajstić information content (AvgIpc) is 3.65. The minimum absolute atomic E-state index is 0.00606. The van der Waals surface area contributed by atoms with Crippen LogP contribution in [0, 0.1) is 6.92 Å². The van der Waals surface area contributed by atoms with Gasteiger partial charge >= 0.3 is 5.69 Å². The van der Waals surface area contributed by atoms with Crippen molar-refractivity contribution in [1.82, 2.24) is 28.9 Å². The number of hydrogen-bond donors (Lipinski definition) is 1. The maximum Gasteiger partial charge on any atom is 0.326 e. The molecule has 3 aliphatic heterocycles. The van der Waals surface area contributed by atoms with E-state index in [1.807, 2.05) is 23.1 Å². The number of aromatic nitrogens is 4. The van der Waals surface area contributed by atoms with Crippen molar-refractivity contribution in [2.24, 2.45) is 7.05 Å². The number of amides is 1. The summed E-state index contributed by atoms with van der Waals surface area (Å²) in [6.07, 6.45) is 7.91. The fourth-order valence-electron chi connectivity index (χ4n) is 9.00. The molecule has 3 fully saturated rings. The predicted octanol–water partition coefficient (Wildman–Crippen LogP) is 5.96. The van der Waals surface area contributed by atoms with Crippen molar-refractivity contribution in [1.29, 1.82) is 0 Å². The second kappa shape index (κ2) is 11.0. The number of imidazole rings is 2. The van der Waals surface area contributed by atoms with E-state index in [-0.39, 0.29) is 17.0 Å².